The van der Waals surface area contributed by atoms with Gasteiger partial charge in [0, 0.05) is 30.3 Å². The molecule has 3 rings (SSSR count). The number of halogens is 1. The fraction of sp³-hybridized carbons (Fsp3) is 0.227. The van der Waals surface area contributed by atoms with E-state index in [1.54, 1.807) is 32.2 Å². The second-order valence-corrected chi connectivity index (χ2v) is 6.63. The van der Waals surface area contributed by atoms with Gasteiger partial charge in [-0.2, -0.15) is 5.10 Å². The van der Waals surface area contributed by atoms with Gasteiger partial charge in [0.15, 0.2) is 0 Å². The Morgan fingerprint density at radius 2 is 2.00 bits per heavy atom. The van der Waals surface area contributed by atoms with E-state index in [-0.39, 0.29) is 23.7 Å². The number of carbonyl (C=O) groups is 1. The molecule has 3 aromatic rings. The SMILES string of the molecule is COc1cccc(-c2ccc(=O)n(CCCC(=O)Nc3ccc(C)c(F)c3)n2)c1. The molecule has 1 amide bonds. The summed E-state index contributed by atoms with van der Waals surface area (Å²) in [6.07, 6.45) is 0.613. The number of benzene rings is 2. The first kappa shape index (κ1) is 20.3. The highest BCUT2D eigenvalue weighted by Crippen LogP contribution is 2.21. The van der Waals surface area contributed by atoms with E-state index in [2.05, 4.69) is 10.4 Å². The molecule has 0 saturated heterocycles. The Morgan fingerprint density at radius 1 is 1.17 bits per heavy atom. The Labute approximate surface area is 168 Å². The number of anilines is 1. The monoisotopic (exact) mass is 395 g/mol. The zero-order valence-corrected chi connectivity index (χ0v) is 16.3. The van der Waals surface area contributed by atoms with Crippen LogP contribution in [0.4, 0.5) is 10.1 Å². The van der Waals surface area contributed by atoms with Crippen LogP contribution in [0.1, 0.15) is 18.4 Å². The number of methoxy groups -OCH3 is 1. The summed E-state index contributed by atoms with van der Waals surface area (Å²) >= 11 is 0. The largest absolute Gasteiger partial charge is 0.497 e. The Hall–Kier alpha value is -3.48. The van der Waals surface area contributed by atoms with Gasteiger partial charge >= 0.3 is 0 Å². The summed E-state index contributed by atoms with van der Waals surface area (Å²) in [6.45, 7) is 1.96. The van der Waals surface area contributed by atoms with Crippen LogP contribution in [0, 0.1) is 12.7 Å². The number of nitrogens with zero attached hydrogens (tertiary/aromatic N) is 2. The van der Waals surface area contributed by atoms with Crippen molar-refractivity contribution in [3.05, 3.63) is 76.3 Å². The van der Waals surface area contributed by atoms with Gasteiger partial charge in [-0.15, -0.1) is 0 Å². The molecule has 29 heavy (non-hydrogen) atoms. The Balaban J connectivity index is 1.62. The molecular formula is C22H22FN3O3. The first-order valence-electron chi connectivity index (χ1n) is 9.25. The molecule has 0 atom stereocenters. The van der Waals surface area contributed by atoms with Gasteiger partial charge < -0.3 is 10.1 Å². The molecule has 0 bridgehead atoms. The second kappa shape index (κ2) is 9.14. The molecular weight excluding hydrogens is 373 g/mol. The van der Waals surface area contributed by atoms with E-state index in [9.17, 15) is 14.0 Å². The average molecular weight is 395 g/mol. The summed E-state index contributed by atoms with van der Waals surface area (Å²) in [5.74, 6) is 0.0874. The zero-order valence-electron chi connectivity index (χ0n) is 16.3. The molecule has 0 saturated carbocycles. The minimum atomic E-state index is -0.368. The predicted molar refractivity (Wildman–Crippen MR) is 109 cm³/mol. The maximum atomic E-state index is 13.6. The number of rotatable bonds is 7. The van der Waals surface area contributed by atoms with Crippen LogP contribution in [0.5, 0.6) is 5.75 Å². The third-order valence-corrected chi connectivity index (χ3v) is 4.46. The van der Waals surface area contributed by atoms with Crippen molar-refractivity contribution < 1.29 is 13.9 Å². The molecule has 6 nitrogen and oxygen atoms in total. The molecule has 150 valence electrons. The molecule has 1 aromatic heterocycles. The molecule has 0 spiro atoms. The van der Waals surface area contributed by atoms with Gasteiger partial charge in [-0.1, -0.05) is 18.2 Å². The number of hydrogen-bond donors (Lipinski definition) is 1. The lowest BCUT2D eigenvalue weighted by molar-refractivity contribution is -0.116. The molecule has 7 heteroatoms. The lowest BCUT2D eigenvalue weighted by Gasteiger charge is -2.09. The van der Waals surface area contributed by atoms with Crippen LogP contribution in [-0.4, -0.2) is 22.8 Å². The molecule has 2 aromatic carbocycles. The van der Waals surface area contributed by atoms with E-state index >= 15 is 0 Å². The number of ether oxygens (including phenoxy) is 1. The van der Waals surface area contributed by atoms with Gasteiger partial charge in [0.1, 0.15) is 11.6 Å². The van der Waals surface area contributed by atoms with Gasteiger partial charge in [-0.05, 0) is 49.2 Å². The Morgan fingerprint density at radius 3 is 2.76 bits per heavy atom. The van der Waals surface area contributed by atoms with Crippen LogP contribution in [0.3, 0.4) is 0 Å². The number of hydrogen-bond acceptors (Lipinski definition) is 4. The topological polar surface area (TPSA) is 73.2 Å². The van der Waals surface area contributed by atoms with Crippen LogP contribution in [0.2, 0.25) is 0 Å². The van der Waals surface area contributed by atoms with E-state index in [1.165, 1.54) is 16.8 Å². The van der Waals surface area contributed by atoms with E-state index in [0.29, 0.717) is 35.7 Å². The third kappa shape index (κ3) is 5.28. The van der Waals surface area contributed by atoms with Crippen LogP contribution in [-0.2, 0) is 11.3 Å². The normalized spacial score (nSPS) is 10.6. The first-order chi connectivity index (χ1) is 14.0. The molecule has 0 fully saturated rings. The highest BCUT2D eigenvalue weighted by Gasteiger charge is 2.08. The number of amides is 1. The average Bonchev–Trinajstić information content (AvgIpc) is 2.72. The molecule has 1 N–H and O–H groups in total. The molecule has 0 aliphatic rings. The summed E-state index contributed by atoms with van der Waals surface area (Å²) in [5, 5.41) is 7.05. The number of aromatic nitrogens is 2. The van der Waals surface area contributed by atoms with Gasteiger partial charge in [0.25, 0.3) is 5.56 Å². The van der Waals surface area contributed by atoms with Crippen molar-refractivity contribution in [2.75, 3.05) is 12.4 Å². The molecule has 1 heterocycles. The maximum absolute atomic E-state index is 13.6. The van der Waals surface area contributed by atoms with Crippen molar-refractivity contribution >= 4 is 11.6 Å². The number of nitrogens with one attached hydrogen (secondary N) is 1. The van der Waals surface area contributed by atoms with Crippen LogP contribution in [0.15, 0.2) is 59.4 Å². The van der Waals surface area contributed by atoms with Crippen molar-refractivity contribution in [3.63, 3.8) is 0 Å². The van der Waals surface area contributed by atoms with Gasteiger partial charge in [0.2, 0.25) is 5.91 Å². The van der Waals surface area contributed by atoms with Gasteiger partial charge in [-0.25, -0.2) is 9.07 Å². The Kier molecular flexibility index (Phi) is 6.39. The molecule has 0 unspecified atom stereocenters. The van der Waals surface area contributed by atoms with Crippen molar-refractivity contribution in [1.29, 1.82) is 0 Å². The summed E-state index contributed by atoms with van der Waals surface area (Å²) in [6, 6.07) is 15.1. The minimum absolute atomic E-state index is 0.188. The minimum Gasteiger partial charge on any atom is -0.497 e. The van der Waals surface area contributed by atoms with Crippen molar-refractivity contribution in [1.82, 2.24) is 9.78 Å². The summed E-state index contributed by atoms with van der Waals surface area (Å²) in [4.78, 5) is 24.2. The van der Waals surface area contributed by atoms with E-state index < -0.39 is 0 Å². The summed E-state index contributed by atoms with van der Waals surface area (Å²) in [5.41, 5.74) is 2.16. The second-order valence-electron chi connectivity index (χ2n) is 6.63. The van der Waals surface area contributed by atoms with E-state index in [1.807, 2.05) is 24.3 Å². The third-order valence-electron chi connectivity index (χ3n) is 4.46. The molecule has 0 aliphatic heterocycles. The van der Waals surface area contributed by atoms with Crippen molar-refractivity contribution in [2.45, 2.75) is 26.3 Å². The van der Waals surface area contributed by atoms with Gasteiger partial charge in [-0.3, -0.25) is 9.59 Å². The fourth-order valence-electron chi connectivity index (χ4n) is 2.83. The summed E-state index contributed by atoms with van der Waals surface area (Å²) in [7, 11) is 1.59. The van der Waals surface area contributed by atoms with Crippen LogP contribution >= 0.6 is 0 Å². The lowest BCUT2D eigenvalue weighted by Crippen LogP contribution is -2.23. The van der Waals surface area contributed by atoms with Gasteiger partial charge in [0.05, 0.1) is 12.8 Å². The summed E-state index contributed by atoms with van der Waals surface area (Å²) < 4.78 is 20.1. The van der Waals surface area contributed by atoms with Crippen molar-refractivity contribution in [2.24, 2.45) is 0 Å². The standard InChI is InChI=1S/C22H22FN3O3/c1-15-8-9-17(14-19(15)23)24-21(27)7-4-12-26-22(28)11-10-20(25-26)16-5-3-6-18(13-16)29-2/h3,5-6,8-11,13-14H,4,7,12H2,1-2H3,(H,24,27). The molecule has 0 aliphatic carbocycles. The lowest BCUT2D eigenvalue weighted by atomic mass is 10.1. The number of carbonyl (C=O) groups excluding carboxylic acids is 1. The van der Waals surface area contributed by atoms with Crippen molar-refractivity contribution in [3.8, 4) is 17.0 Å². The number of aryl methyl sites for hydroxylation is 2. The van der Waals surface area contributed by atoms with Crippen LogP contribution in [0.25, 0.3) is 11.3 Å². The highest BCUT2D eigenvalue weighted by atomic mass is 19.1. The first-order valence-corrected chi connectivity index (χ1v) is 9.25. The highest BCUT2D eigenvalue weighted by molar-refractivity contribution is 5.90. The predicted octanol–water partition coefficient (Wildman–Crippen LogP) is 3.79. The van der Waals surface area contributed by atoms with Crippen LogP contribution < -0.4 is 15.6 Å². The molecule has 0 radical (unpaired) electrons. The van der Waals surface area contributed by atoms with E-state index in [0.717, 1.165) is 5.56 Å². The maximum Gasteiger partial charge on any atom is 0.266 e. The fourth-order valence-corrected chi connectivity index (χ4v) is 2.83. The smallest absolute Gasteiger partial charge is 0.266 e. The zero-order chi connectivity index (χ0) is 20.8. The Bertz CT molecular complexity index is 1080. The quantitative estimate of drug-likeness (QED) is 0.661. The van der Waals surface area contributed by atoms with E-state index in [4.69, 9.17) is 4.74 Å².